The third-order valence-corrected chi connectivity index (χ3v) is 18.7. The summed E-state index contributed by atoms with van der Waals surface area (Å²) in [5.41, 5.74) is -0.521. The molecule has 1 fully saturated rings. The second-order valence-electron chi connectivity index (χ2n) is 13.8. The summed E-state index contributed by atoms with van der Waals surface area (Å²) in [6.07, 6.45) is 0.720. The number of hydrogen-bond donors (Lipinski definition) is 1. The van der Waals surface area contributed by atoms with Gasteiger partial charge in [0.25, 0.3) is 0 Å². The van der Waals surface area contributed by atoms with Gasteiger partial charge in [-0.05, 0) is 70.4 Å². The summed E-state index contributed by atoms with van der Waals surface area (Å²) in [5, 5.41) is 0.182. The van der Waals surface area contributed by atoms with E-state index < -0.39 is 33.2 Å². The topological polar surface area (TPSA) is 56.8 Å². The van der Waals surface area contributed by atoms with Gasteiger partial charge in [-0.25, -0.2) is 8.93 Å². The first-order valence-electron chi connectivity index (χ1n) is 12.1. The summed E-state index contributed by atoms with van der Waals surface area (Å²) >= 11 is 0. The lowest BCUT2D eigenvalue weighted by molar-refractivity contribution is 0.0131. The summed E-state index contributed by atoms with van der Waals surface area (Å²) < 4.78 is 36.2. The largest absolute Gasteiger partial charge is 0.414 e. The fourth-order valence-corrected chi connectivity index (χ4v) is 6.52. The van der Waals surface area contributed by atoms with Crippen LogP contribution in [0.2, 0.25) is 36.3 Å². The van der Waals surface area contributed by atoms with E-state index in [2.05, 4.69) is 79.4 Å². The molecule has 0 spiro atoms. The summed E-state index contributed by atoms with van der Waals surface area (Å²) in [7, 11) is -5.32. The van der Waals surface area contributed by atoms with Crippen LogP contribution in [-0.2, 0) is 24.6 Å². The molecular weight excluding hydrogens is 455 g/mol. The normalized spacial score (nSPS) is 23.1. The van der Waals surface area contributed by atoms with Crippen LogP contribution in [0.3, 0.4) is 0 Å². The molecule has 5 nitrogen and oxygen atoms in total. The molecule has 0 aromatic rings. The molecule has 4 atom stereocenters. The Bertz CT molecular complexity index is 644. The highest BCUT2D eigenvalue weighted by molar-refractivity contribution is 7.84. The second-order valence-corrected chi connectivity index (χ2v) is 25.3. The molecule has 0 radical (unpaired) electrons. The van der Waals surface area contributed by atoms with Crippen molar-refractivity contribution in [1.29, 1.82) is 0 Å². The number of nitrogens with one attached hydrogen (secondary N) is 1. The number of ether oxygens (including phenoxy) is 1. The van der Waals surface area contributed by atoms with E-state index in [-0.39, 0.29) is 26.8 Å². The van der Waals surface area contributed by atoms with Crippen molar-refractivity contribution in [3.63, 3.8) is 0 Å². The Balaban J connectivity index is 3.43. The zero-order valence-electron chi connectivity index (χ0n) is 23.5. The van der Waals surface area contributed by atoms with Crippen LogP contribution in [0.15, 0.2) is 0 Å². The molecule has 1 aliphatic heterocycles. The van der Waals surface area contributed by atoms with E-state index in [9.17, 15) is 4.21 Å². The first-order chi connectivity index (χ1) is 14.0. The molecule has 1 N–H and O–H groups in total. The van der Waals surface area contributed by atoms with E-state index in [0.29, 0.717) is 13.2 Å². The van der Waals surface area contributed by atoms with Crippen molar-refractivity contribution in [2.75, 3.05) is 19.8 Å². The van der Waals surface area contributed by atoms with Crippen LogP contribution in [0.4, 0.5) is 0 Å². The van der Waals surface area contributed by atoms with Crippen LogP contribution in [0.5, 0.6) is 0 Å². The van der Waals surface area contributed by atoms with Gasteiger partial charge in [-0.15, -0.1) is 0 Å². The van der Waals surface area contributed by atoms with Crippen LogP contribution in [0.25, 0.3) is 0 Å². The molecule has 0 aromatic carbocycles. The molecule has 1 heterocycles. The molecule has 0 aromatic heterocycles. The van der Waals surface area contributed by atoms with Gasteiger partial charge in [-0.2, -0.15) is 0 Å². The minimum atomic E-state index is -2.11. The highest BCUT2D eigenvalue weighted by Gasteiger charge is 2.51. The van der Waals surface area contributed by atoms with Crippen molar-refractivity contribution in [1.82, 2.24) is 4.72 Å². The maximum atomic E-state index is 13.3. The van der Waals surface area contributed by atoms with E-state index in [0.717, 1.165) is 13.0 Å². The lowest BCUT2D eigenvalue weighted by Gasteiger charge is -2.49. The standard InChI is InChI=1S/C24H53NO4SSi2/c1-21(2,3)30(26)25-24(10,19-15-16-27-17-19)20(29-32(13,14)23(7,8)9)18-28-31(11,12)22(4,5)6/h19-20,25H,15-18H2,1-14H3/t19-,20-,24+,30?/m1/s1. The van der Waals surface area contributed by atoms with Crippen molar-refractivity contribution in [2.45, 2.75) is 128 Å². The van der Waals surface area contributed by atoms with E-state index in [1.165, 1.54) is 0 Å². The molecule has 192 valence electrons. The Morgan fingerprint density at radius 3 is 1.81 bits per heavy atom. The summed E-state index contributed by atoms with van der Waals surface area (Å²) in [6, 6.07) is 0. The van der Waals surface area contributed by atoms with Gasteiger partial charge in [0, 0.05) is 12.5 Å². The maximum Gasteiger partial charge on any atom is 0.192 e. The Morgan fingerprint density at radius 1 is 0.938 bits per heavy atom. The Hall–Kier alpha value is 0.424. The third kappa shape index (κ3) is 7.46. The zero-order chi connectivity index (χ0) is 25.4. The van der Waals surface area contributed by atoms with Gasteiger partial charge < -0.3 is 13.6 Å². The average Bonchev–Trinajstić information content (AvgIpc) is 3.10. The molecule has 1 rings (SSSR count). The van der Waals surface area contributed by atoms with Crippen LogP contribution >= 0.6 is 0 Å². The number of rotatable bonds is 9. The molecule has 1 unspecified atom stereocenters. The summed E-state index contributed by atoms with van der Waals surface area (Å²) in [4.78, 5) is 0. The smallest absolute Gasteiger partial charge is 0.192 e. The van der Waals surface area contributed by atoms with E-state index in [4.69, 9.17) is 13.6 Å². The quantitative estimate of drug-likeness (QED) is 0.375. The Kier molecular flexibility index (Phi) is 9.70. The number of hydrogen-bond acceptors (Lipinski definition) is 4. The molecule has 0 bridgehead atoms. The fourth-order valence-electron chi connectivity index (χ4n) is 3.13. The van der Waals surface area contributed by atoms with Crippen molar-refractivity contribution < 1.29 is 17.8 Å². The predicted molar refractivity (Wildman–Crippen MR) is 144 cm³/mol. The highest BCUT2D eigenvalue weighted by atomic mass is 32.2. The van der Waals surface area contributed by atoms with Crippen molar-refractivity contribution in [2.24, 2.45) is 5.92 Å². The van der Waals surface area contributed by atoms with Gasteiger partial charge in [-0.3, -0.25) is 0 Å². The van der Waals surface area contributed by atoms with Crippen LogP contribution in [-0.4, -0.2) is 57.1 Å². The molecule has 0 saturated carbocycles. The first-order valence-corrected chi connectivity index (χ1v) is 19.1. The molecule has 1 aliphatic rings. The predicted octanol–water partition coefficient (Wildman–Crippen LogP) is 6.25. The van der Waals surface area contributed by atoms with E-state index >= 15 is 0 Å². The molecule has 0 aliphatic carbocycles. The average molecular weight is 508 g/mol. The summed E-state index contributed by atoms with van der Waals surface area (Å²) in [5.74, 6) is 0.214. The SMILES string of the molecule is CC(C)(C)S(=O)N[C@@](C)([C@@H]1CCOC1)[C@@H](CO[Si](C)(C)C(C)(C)C)O[Si](C)(C)C(C)(C)C. The van der Waals surface area contributed by atoms with Crippen molar-refractivity contribution >= 4 is 27.6 Å². The molecule has 0 amide bonds. The van der Waals surface area contributed by atoms with Gasteiger partial charge in [-0.1, -0.05) is 41.5 Å². The van der Waals surface area contributed by atoms with Crippen molar-refractivity contribution in [3.05, 3.63) is 0 Å². The minimum absolute atomic E-state index is 0.0679. The first kappa shape index (κ1) is 30.5. The lowest BCUT2D eigenvalue weighted by atomic mass is 9.81. The van der Waals surface area contributed by atoms with Gasteiger partial charge in [0.2, 0.25) is 0 Å². The van der Waals surface area contributed by atoms with Crippen LogP contribution in [0, 0.1) is 5.92 Å². The maximum absolute atomic E-state index is 13.3. The monoisotopic (exact) mass is 507 g/mol. The summed E-state index contributed by atoms with van der Waals surface area (Å²) in [6.45, 7) is 32.9. The molecule has 8 heteroatoms. The van der Waals surface area contributed by atoms with Gasteiger partial charge >= 0.3 is 0 Å². The Labute approximate surface area is 204 Å². The van der Waals surface area contributed by atoms with Crippen molar-refractivity contribution in [3.8, 4) is 0 Å². The van der Waals surface area contributed by atoms with Crippen LogP contribution in [0.1, 0.15) is 75.7 Å². The van der Waals surface area contributed by atoms with Crippen LogP contribution < -0.4 is 4.72 Å². The van der Waals surface area contributed by atoms with E-state index in [1.807, 2.05) is 20.8 Å². The molecular formula is C24H53NO4SSi2. The molecule has 32 heavy (non-hydrogen) atoms. The minimum Gasteiger partial charge on any atom is -0.414 e. The third-order valence-electron chi connectivity index (χ3n) is 7.96. The van der Waals surface area contributed by atoms with Gasteiger partial charge in [0.05, 0.1) is 40.6 Å². The lowest BCUT2D eigenvalue weighted by Crippen LogP contribution is -2.65. The Morgan fingerprint density at radius 2 is 1.44 bits per heavy atom. The highest BCUT2D eigenvalue weighted by Crippen LogP contribution is 2.42. The van der Waals surface area contributed by atoms with Gasteiger partial charge in [0.1, 0.15) is 0 Å². The van der Waals surface area contributed by atoms with Gasteiger partial charge in [0.15, 0.2) is 16.6 Å². The molecule has 1 saturated heterocycles. The zero-order valence-corrected chi connectivity index (χ0v) is 26.3. The van der Waals surface area contributed by atoms with E-state index in [1.54, 1.807) is 0 Å². The second kappa shape index (κ2) is 10.2. The fraction of sp³-hybridized carbons (Fsp3) is 1.00.